The summed E-state index contributed by atoms with van der Waals surface area (Å²) in [6, 6.07) is 0. The molecule has 2 aliphatic rings. The second-order valence-corrected chi connectivity index (χ2v) is 6.46. The molecule has 1 saturated heterocycles. The number of likely N-dealkylation sites (tertiary alicyclic amines) is 1. The molecule has 3 heteroatoms. The van der Waals surface area contributed by atoms with Crippen molar-refractivity contribution in [2.24, 2.45) is 11.1 Å². The fraction of sp³-hybridized carbons (Fsp3) is 0.938. The van der Waals surface area contributed by atoms with Crippen LogP contribution < -0.4 is 5.73 Å². The lowest BCUT2D eigenvalue weighted by Gasteiger charge is -2.36. The summed E-state index contributed by atoms with van der Waals surface area (Å²) in [5, 5.41) is 0. The van der Waals surface area contributed by atoms with Gasteiger partial charge in [0.1, 0.15) is 0 Å². The maximum Gasteiger partial charge on any atom is 0.230 e. The highest BCUT2D eigenvalue weighted by Crippen LogP contribution is 2.36. The van der Waals surface area contributed by atoms with Crippen LogP contribution in [0, 0.1) is 5.41 Å². The molecule has 0 radical (unpaired) electrons. The summed E-state index contributed by atoms with van der Waals surface area (Å²) in [6.45, 7) is 2.46. The first-order chi connectivity index (χ1) is 9.28. The van der Waals surface area contributed by atoms with Crippen molar-refractivity contribution in [2.75, 3.05) is 19.6 Å². The van der Waals surface area contributed by atoms with Crippen molar-refractivity contribution in [2.45, 2.75) is 70.6 Å². The lowest BCUT2D eigenvalue weighted by Crippen LogP contribution is -2.48. The van der Waals surface area contributed by atoms with Gasteiger partial charge in [-0.05, 0) is 25.7 Å². The van der Waals surface area contributed by atoms with Crippen LogP contribution in [0.3, 0.4) is 0 Å². The largest absolute Gasteiger partial charge is 0.342 e. The molecule has 1 aliphatic carbocycles. The van der Waals surface area contributed by atoms with Gasteiger partial charge in [0.2, 0.25) is 5.91 Å². The normalized spacial score (nSPS) is 25.2. The van der Waals surface area contributed by atoms with E-state index in [1.807, 2.05) is 0 Å². The molecule has 0 aromatic carbocycles. The molecule has 2 rings (SSSR count). The maximum absolute atomic E-state index is 13.0. The van der Waals surface area contributed by atoms with Gasteiger partial charge >= 0.3 is 0 Å². The topological polar surface area (TPSA) is 46.3 Å². The zero-order valence-corrected chi connectivity index (χ0v) is 12.3. The third-order valence-electron chi connectivity index (χ3n) is 5.05. The van der Waals surface area contributed by atoms with Crippen molar-refractivity contribution in [1.29, 1.82) is 0 Å². The predicted molar refractivity (Wildman–Crippen MR) is 78.9 cm³/mol. The van der Waals surface area contributed by atoms with Crippen LogP contribution in [0.4, 0.5) is 0 Å². The average molecular weight is 266 g/mol. The molecule has 0 aromatic rings. The molecule has 0 aromatic heterocycles. The van der Waals surface area contributed by atoms with Crippen molar-refractivity contribution in [3.8, 4) is 0 Å². The predicted octanol–water partition coefficient (Wildman–Crippen LogP) is 3.08. The fourth-order valence-corrected chi connectivity index (χ4v) is 3.70. The van der Waals surface area contributed by atoms with E-state index in [0.29, 0.717) is 12.5 Å². The van der Waals surface area contributed by atoms with E-state index in [-0.39, 0.29) is 5.41 Å². The fourth-order valence-electron chi connectivity index (χ4n) is 3.70. The number of hydrogen-bond donors (Lipinski definition) is 1. The average Bonchev–Trinajstić information content (AvgIpc) is 2.64. The number of nitrogens with two attached hydrogens (primary N) is 1. The lowest BCUT2D eigenvalue weighted by molar-refractivity contribution is -0.143. The van der Waals surface area contributed by atoms with Crippen LogP contribution in [0.5, 0.6) is 0 Å². The van der Waals surface area contributed by atoms with Gasteiger partial charge in [0.05, 0.1) is 5.41 Å². The molecule has 0 atom stereocenters. The Hall–Kier alpha value is -0.570. The lowest BCUT2D eigenvalue weighted by atomic mass is 9.78. The van der Waals surface area contributed by atoms with E-state index in [0.717, 1.165) is 25.9 Å². The highest BCUT2D eigenvalue weighted by Gasteiger charge is 2.39. The monoisotopic (exact) mass is 266 g/mol. The van der Waals surface area contributed by atoms with E-state index >= 15 is 0 Å². The Labute approximate surface area is 117 Å². The molecule has 0 spiro atoms. The standard InChI is InChI=1S/C16H30N2O/c17-14-16(10-6-2-3-7-11-16)15(19)18-12-8-4-1-5-9-13-18/h1-14,17H2. The highest BCUT2D eigenvalue weighted by molar-refractivity contribution is 5.83. The Morgan fingerprint density at radius 3 is 1.84 bits per heavy atom. The van der Waals surface area contributed by atoms with Crippen molar-refractivity contribution in [3.63, 3.8) is 0 Å². The smallest absolute Gasteiger partial charge is 0.230 e. The second-order valence-electron chi connectivity index (χ2n) is 6.46. The molecule has 2 fully saturated rings. The van der Waals surface area contributed by atoms with Gasteiger partial charge in [0.15, 0.2) is 0 Å². The maximum atomic E-state index is 13.0. The van der Waals surface area contributed by atoms with Crippen LogP contribution >= 0.6 is 0 Å². The first-order valence-electron chi connectivity index (χ1n) is 8.28. The van der Waals surface area contributed by atoms with Crippen molar-refractivity contribution in [1.82, 2.24) is 4.90 Å². The minimum atomic E-state index is -0.226. The van der Waals surface area contributed by atoms with Gasteiger partial charge in [-0.2, -0.15) is 0 Å². The number of carbonyl (C=O) groups excluding carboxylic acids is 1. The number of rotatable bonds is 2. The van der Waals surface area contributed by atoms with Crippen molar-refractivity contribution >= 4 is 5.91 Å². The summed E-state index contributed by atoms with van der Waals surface area (Å²) < 4.78 is 0. The van der Waals surface area contributed by atoms with Gasteiger partial charge in [-0.1, -0.05) is 44.9 Å². The Bertz CT molecular complexity index is 274. The third kappa shape index (κ3) is 3.71. The summed E-state index contributed by atoms with van der Waals surface area (Å²) in [6.07, 6.45) is 13.2. The van der Waals surface area contributed by atoms with Crippen LogP contribution in [0.2, 0.25) is 0 Å². The van der Waals surface area contributed by atoms with Crippen LogP contribution in [-0.2, 0) is 4.79 Å². The Balaban J connectivity index is 2.04. The zero-order valence-electron chi connectivity index (χ0n) is 12.3. The number of nitrogens with zero attached hydrogens (tertiary/aromatic N) is 1. The van der Waals surface area contributed by atoms with Crippen LogP contribution in [0.25, 0.3) is 0 Å². The van der Waals surface area contributed by atoms with E-state index in [4.69, 9.17) is 5.73 Å². The van der Waals surface area contributed by atoms with Gasteiger partial charge in [-0.25, -0.2) is 0 Å². The molecule has 0 unspecified atom stereocenters. The third-order valence-corrected chi connectivity index (χ3v) is 5.05. The second kappa shape index (κ2) is 7.28. The summed E-state index contributed by atoms with van der Waals surface area (Å²) in [7, 11) is 0. The molecule has 0 bridgehead atoms. The van der Waals surface area contributed by atoms with Gasteiger partial charge in [0, 0.05) is 19.6 Å². The summed E-state index contributed by atoms with van der Waals surface area (Å²) >= 11 is 0. The van der Waals surface area contributed by atoms with E-state index in [2.05, 4.69) is 4.90 Å². The zero-order chi connectivity index (χ0) is 13.6. The molecule has 2 N–H and O–H groups in total. The van der Waals surface area contributed by atoms with Crippen LogP contribution in [-0.4, -0.2) is 30.4 Å². The summed E-state index contributed by atoms with van der Waals surface area (Å²) in [5.41, 5.74) is 5.81. The number of carbonyl (C=O) groups is 1. The van der Waals surface area contributed by atoms with Gasteiger partial charge < -0.3 is 10.6 Å². The molecular weight excluding hydrogens is 236 g/mol. The van der Waals surface area contributed by atoms with E-state index in [1.54, 1.807) is 0 Å². The minimum Gasteiger partial charge on any atom is -0.342 e. The van der Waals surface area contributed by atoms with Crippen LogP contribution in [0.15, 0.2) is 0 Å². The van der Waals surface area contributed by atoms with Gasteiger partial charge in [0.25, 0.3) is 0 Å². The van der Waals surface area contributed by atoms with Crippen LogP contribution in [0.1, 0.15) is 70.6 Å². The summed E-state index contributed by atoms with van der Waals surface area (Å²) in [4.78, 5) is 15.1. The first-order valence-corrected chi connectivity index (χ1v) is 8.28. The van der Waals surface area contributed by atoms with E-state index in [1.165, 1.54) is 57.8 Å². The molecule has 1 heterocycles. The molecule has 3 nitrogen and oxygen atoms in total. The molecule has 19 heavy (non-hydrogen) atoms. The molecule has 1 amide bonds. The highest BCUT2D eigenvalue weighted by atomic mass is 16.2. The number of hydrogen-bond acceptors (Lipinski definition) is 2. The SMILES string of the molecule is NCC1(C(=O)N2CCCCCCC2)CCCCCC1. The Morgan fingerprint density at radius 1 is 0.842 bits per heavy atom. The van der Waals surface area contributed by atoms with Crippen molar-refractivity contribution in [3.05, 3.63) is 0 Å². The molecule has 1 saturated carbocycles. The Kier molecular flexibility index (Phi) is 5.68. The molecule has 110 valence electrons. The van der Waals surface area contributed by atoms with E-state index in [9.17, 15) is 4.79 Å². The molecular formula is C16H30N2O. The molecule has 1 aliphatic heterocycles. The summed E-state index contributed by atoms with van der Waals surface area (Å²) in [5.74, 6) is 0.374. The quantitative estimate of drug-likeness (QED) is 0.781. The Morgan fingerprint density at radius 2 is 1.32 bits per heavy atom. The van der Waals surface area contributed by atoms with Crippen molar-refractivity contribution < 1.29 is 4.79 Å². The first kappa shape index (κ1) is 14.8. The minimum absolute atomic E-state index is 0.226. The van der Waals surface area contributed by atoms with Gasteiger partial charge in [-0.15, -0.1) is 0 Å². The van der Waals surface area contributed by atoms with E-state index < -0.39 is 0 Å². The van der Waals surface area contributed by atoms with Gasteiger partial charge in [-0.3, -0.25) is 4.79 Å². The number of amides is 1.